The molecule has 7 nitrogen and oxygen atoms in total. The molecule has 4 rings (SSSR count). The number of hydrogen-bond acceptors (Lipinski definition) is 6. The number of amides is 1. The Hall–Kier alpha value is -2.91. The number of sulfonamides is 1. The van der Waals surface area contributed by atoms with E-state index in [1.165, 1.54) is 12.0 Å². The van der Waals surface area contributed by atoms with Gasteiger partial charge >= 0.3 is 0 Å². The molecule has 3 aromatic rings. The van der Waals surface area contributed by atoms with Gasteiger partial charge in [-0.15, -0.1) is 12.4 Å². The Bertz CT molecular complexity index is 1330. The minimum atomic E-state index is -3.62. The first-order chi connectivity index (χ1) is 18.8. The number of aliphatic hydroxyl groups is 1. The van der Waals surface area contributed by atoms with Crippen molar-refractivity contribution in [2.24, 2.45) is 0 Å². The second-order valence-electron chi connectivity index (χ2n) is 10.3. The maximum absolute atomic E-state index is 12.3. The van der Waals surface area contributed by atoms with Crippen molar-refractivity contribution in [3.63, 3.8) is 0 Å². The Kier molecular flexibility index (Phi) is 12.0. The van der Waals surface area contributed by atoms with E-state index in [-0.39, 0.29) is 24.9 Å². The highest BCUT2D eigenvalue weighted by molar-refractivity contribution is 7.89. The largest absolute Gasteiger partial charge is 0.490 e. The number of hydrogen-bond donors (Lipinski definition) is 3. The number of carbonyl (C=O) groups excluding carboxylic acids is 1. The van der Waals surface area contributed by atoms with E-state index < -0.39 is 22.0 Å². The molecule has 40 heavy (non-hydrogen) atoms. The Morgan fingerprint density at radius 2 is 1.65 bits per heavy atom. The first-order valence-corrected chi connectivity index (χ1v) is 15.5. The van der Waals surface area contributed by atoms with Gasteiger partial charge in [0.2, 0.25) is 15.9 Å². The van der Waals surface area contributed by atoms with Gasteiger partial charge in [-0.05, 0) is 67.0 Å². The molecule has 216 valence electrons. The molecular formula is C31H39ClN2O5S. The van der Waals surface area contributed by atoms with Crippen LogP contribution in [0.25, 0.3) is 11.1 Å². The van der Waals surface area contributed by atoms with Gasteiger partial charge in [0.1, 0.15) is 5.75 Å². The predicted molar refractivity (Wildman–Crippen MR) is 161 cm³/mol. The van der Waals surface area contributed by atoms with Gasteiger partial charge in [-0.2, -0.15) is 0 Å². The van der Waals surface area contributed by atoms with Crippen molar-refractivity contribution in [1.82, 2.24) is 10.0 Å². The highest BCUT2D eigenvalue weighted by Gasteiger charge is 2.19. The molecule has 1 saturated carbocycles. The molecule has 3 aromatic carbocycles. The fourth-order valence-electron chi connectivity index (χ4n) is 4.90. The minimum absolute atomic E-state index is 0. The molecule has 0 radical (unpaired) electrons. The lowest BCUT2D eigenvalue weighted by Gasteiger charge is -2.24. The fourth-order valence-corrected chi connectivity index (χ4v) is 5.38. The first-order valence-electron chi connectivity index (χ1n) is 13.6. The van der Waals surface area contributed by atoms with E-state index in [0.717, 1.165) is 61.6 Å². The third-order valence-corrected chi connectivity index (χ3v) is 7.56. The van der Waals surface area contributed by atoms with E-state index in [2.05, 4.69) is 29.6 Å². The zero-order chi connectivity index (χ0) is 27.7. The highest BCUT2D eigenvalue weighted by Crippen LogP contribution is 2.31. The molecule has 3 N–H and O–H groups in total. The summed E-state index contributed by atoms with van der Waals surface area (Å²) in [6.07, 6.45) is 6.72. The summed E-state index contributed by atoms with van der Waals surface area (Å²) in [5.74, 6) is 0.0568. The molecule has 0 aliphatic heterocycles. The molecule has 1 aliphatic rings. The fraction of sp³-hybridized carbons (Fsp3) is 0.387. The summed E-state index contributed by atoms with van der Waals surface area (Å²) in [5.41, 5.74) is 4.78. The van der Waals surface area contributed by atoms with E-state index >= 15 is 0 Å². The SMILES string of the molecule is CS(=O)(=O)NC(=O)Cc1ccc(-c2ccc(CCNC[C@H](O)c3ccccc3)cc2)cc1OC1CCCCC1.Cl. The molecule has 1 aliphatic carbocycles. The molecule has 0 spiro atoms. The van der Waals surface area contributed by atoms with E-state index in [1.54, 1.807) is 0 Å². The van der Waals surface area contributed by atoms with Gasteiger partial charge in [0.15, 0.2) is 0 Å². The first kappa shape index (κ1) is 31.6. The summed E-state index contributed by atoms with van der Waals surface area (Å²) in [7, 11) is -3.62. The topological polar surface area (TPSA) is 105 Å². The van der Waals surface area contributed by atoms with E-state index in [0.29, 0.717) is 17.9 Å². The van der Waals surface area contributed by atoms with Crippen LogP contribution in [0.15, 0.2) is 72.8 Å². The second kappa shape index (κ2) is 15.2. The number of halogens is 1. The van der Waals surface area contributed by atoms with Crippen molar-refractivity contribution in [2.45, 2.75) is 57.2 Å². The van der Waals surface area contributed by atoms with Crippen LogP contribution in [0.2, 0.25) is 0 Å². The molecular weight excluding hydrogens is 548 g/mol. The molecule has 0 heterocycles. The lowest BCUT2D eigenvalue weighted by atomic mass is 9.97. The van der Waals surface area contributed by atoms with Gasteiger partial charge in [0.25, 0.3) is 0 Å². The van der Waals surface area contributed by atoms with Crippen molar-refractivity contribution in [3.05, 3.63) is 89.5 Å². The normalized spacial score (nSPS) is 14.7. The zero-order valence-electron chi connectivity index (χ0n) is 22.8. The third-order valence-electron chi connectivity index (χ3n) is 6.96. The smallest absolute Gasteiger partial charge is 0.237 e. The van der Waals surface area contributed by atoms with Crippen LogP contribution in [-0.2, 0) is 27.7 Å². The zero-order valence-corrected chi connectivity index (χ0v) is 24.5. The number of ether oxygens (including phenoxy) is 1. The maximum atomic E-state index is 12.3. The van der Waals surface area contributed by atoms with E-state index in [9.17, 15) is 18.3 Å². The average Bonchev–Trinajstić information content (AvgIpc) is 2.92. The molecule has 0 unspecified atom stereocenters. The van der Waals surface area contributed by atoms with E-state index in [4.69, 9.17) is 4.74 Å². The van der Waals surface area contributed by atoms with Gasteiger partial charge in [-0.25, -0.2) is 8.42 Å². The monoisotopic (exact) mass is 586 g/mol. The molecule has 0 aromatic heterocycles. The van der Waals surface area contributed by atoms with Gasteiger partial charge in [-0.1, -0.05) is 73.2 Å². The molecule has 1 amide bonds. The van der Waals surface area contributed by atoms with Crippen molar-refractivity contribution in [3.8, 4) is 16.9 Å². The number of benzene rings is 3. The van der Waals surface area contributed by atoms with Crippen LogP contribution in [0.5, 0.6) is 5.75 Å². The Morgan fingerprint density at radius 1 is 0.975 bits per heavy atom. The summed E-state index contributed by atoms with van der Waals surface area (Å²) in [5, 5.41) is 13.6. The standard InChI is InChI=1S/C31H38N2O5S.ClH/c1-39(36,37)33-31(35)21-27-17-16-26(20-30(27)38-28-10-6-3-7-11-28)24-14-12-23(13-15-24)18-19-32-22-29(34)25-8-4-2-5-9-25;/h2,4-5,8-9,12-17,20,28-29,32,34H,3,6-7,10-11,18-19,21-22H2,1H3,(H,33,35);1H/t29-;/m0./s1. The molecule has 1 atom stereocenters. The van der Waals surface area contributed by atoms with Crippen LogP contribution >= 0.6 is 12.4 Å². The number of aliphatic hydroxyl groups excluding tert-OH is 1. The van der Waals surface area contributed by atoms with Crippen molar-refractivity contribution < 1.29 is 23.1 Å². The van der Waals surface area contributed by atoms with Crippen LogP contribution < -0.4 is 14.8 Å². The molecule has 9 heteroatoms. The van der Waals surface area contributed by atoms with Gasteiger partial charge in [0.05, 0.1) is 24.9 Å². The Labute approximate surface area is 243 Å². The number of nitrogens with one attached hydrogen (secondary N) is 2. The van der Waals surface area contributed by atoms with Crippen LogP contribution in [0.1, 0.15) is 54.9 Å². The minimum Gasteiger partial charge on any atom is -0.490 e. The van der Waals surface area contributed by atoms with Crippen molar-refractivity contribution >= 4 is 28.3 Å². The molecule has 0 saturated heterocycles. The summed E-state index contributed by atoms with van der Waals surface area (Å²) in [4.78, 5) is 12.3. The van der Waals surface area contributed by atoms with Crippen LogP contribution in [0.4, 0.5) is 0 Å². The molecule has 0 bridgehead atoms. The Morgan fingerprint density at radius 3 is 2.33 bits per heavy atom. The highest BCUT2D eigenvalue weighted by atomic mass is 35.5. The van der Waals surface area contributed by atoms with Crippen LogP contribution in [0, 0.1) is 0 Å². The van der Waals surface area contributed by atoms with Gasteiger partial charge in [-0.3, -0.25) is 9.52 Å². The average molecular weight is 587 g/mol. The van der Waals surface area contributed by atoms with Gasteiger partial charge < -0.3 is 15.2 Å². The number of rotatable bonds is 12. The predicted octanol–water partition coefficient (Wildman–Crippen LogP) is 4.97. The maximum Gasteiger partial charge on any atom is 0.237 e. The summed E-state index contributed by atoms with van der Waals surface area (Å²) < 4.78 is 31.4. The van der Waals surface area contributed by atoms with Crippen LogP contribution in [0.3, 0.4) is 0 Å². The second-order valence-corrected chi connectivity index (χ2v) is 12.0. The quantitative estimate of drug-likeness (QED) is 0.259. The van der Waals surface area contributed by atoms with Crippen molar-refractivity contribution in [1.29, 1.82) is 0 Å². The summed E-state index contributed by atoms with van der Waals surface area (Å²) in [6, 6.07) is 23.7. The summed E-state index contributed by atoms with van der Waals surface area (Å²) in [6.45, 7) is 1.26. The molecule has 1 fully saturated rings. The number of carbonyl (C=O) groups is 1. The Balaban J connectivity index is 0.00000441. The van der Waals surface area contributed by atoms with E-state index in [1.807, 2.05) is 53.3 Å². The van der Waals surface area contributed by atoms with Crippen molar-refractivity contribution in [2.75, 3.05) is 19.3 Å². The van der Waals surface area contributed by atoms with Crippen LogP contribution in [-0.4, -0.2) is 44.9 Å². The third kappa shape index (κ3) is 9.93. The van der Waals surface area contributed by atoms with Gasteiger partial charge in [0, 0.05) is 12.1 Å². The lowest BCUT2D eigenvalue weighted by Crippen LogP contribution is -2.31. The lowest BCUT2D eigenvalue weighted by molar-refractivity contribution is -0.118. The summed E-state index contributed by atoms with van der Waals surface area (Å²) >= 11 is 0.